The molecule has 0 aromatic heterocycles. The molecule has 1 aliphatic rings. The highest BCUT2D eigenvalue weighted by Crippen LogP contribution is 2.52. The normalized spacial score (nSPS) is 27.2. The molecule has 0 aliphatic carbocycles. The molecular formula is C25H26ClFNO-. The molecule has 0 spiro atoms. The first-order chi connectivity index (χ1) is 13.5. The fourth-order valence-electron chi connectivity index (χ4n) is 4.75. The van der Waals surface area contributed by atoms with Crippen LogP contribution >= 0.6 is 0 Å². The van der Waals surface area contributed by atoms with Gasteiger partial charge in [-0.05, 0) is 35.9 Å². The van der Waals surface area contributed by atoms with Gasteiger partial charge in [0, 0.05) is 24.4 Å². The van der Waals surface area contributed by atoms with E-state index in [9.17, 15) is 9.50 Å². The van der Waals surface area contributed by atoms with Gasteiger partial charge < -0.3 is 17.5 Å². The van der Waals surface area contributed by atoms with Gasteiger partial charge in [0.25, 0.3) is 0 Å². The number of halogens is 2. The summed E-state index contributed by atoms with van der Waals surface area (Å²) in [5.41, 5.74) is 2.08. The first kappa shape index (κ1) is 21.5. The summed E-state index contributed by atoms with van der Waals surface area (Å²) in [5.74, 6) is -0.350. The van der Waals surface area contributed by atoms with E-state index in [2.05, 4.69) is 43.1 Å². The topological polar surface area (TPSA) is 23.5 Å². The van der Waals surface area contributed by atoms with Gasteiger partial charge in [-0.25, -0.2) is 4.39 Å². The third-order valence-electron chi connectivity index (χ3n) is 6.33. The second-order valence-electron chi connectivity index (χ2n) is 7.87. The van der Waals surface area contributed by atoms with Crippen LogP contribution in [0.15, 0.2) is 84.9 Å². The van der Waals surface area contributed by atoms with Gasteiger partial charge in [0.05, 0.1) is 5.60 Å². The predicted molar refractivity (Wildman–Crippen MR) is 110 cm³/mol. The lowest BCUT2D eigenvalue weighted by Crippen LogP contribution is -3.00. The number of aliphatic hydroxyl groups is 1. The van der Waals surface area contributed by atoms with Crippen molar-refractivity contribution in [2.24, 2.45) is 5.92 Å². The number of nitrogens with zero attached hydrogens (tertiary/aromatic N) is 1. The number of rotatable bonds is 3. The summed E-state index contributed by atoms with van der Waals surface area (Å²) >= 11 is 0. The summed E-state index contributed by atoms with van der Waals surface area (Å²) < 4.78 is 13.5. The van der Waals surface area contributed by atoms with Crippen LogP contribution in [-0.4, -0.2) is 17.1 Å². The number of piperidine rings is 1. The molecule has 1 fully saturated rings. The van der Waals surface area contributed by atoms with Crippen molar-refractivity contribution in [3.8, 4) is 0 Å². The average Bonchev–Trinajstić information content (AvgIpc) is 2.73. The van der Waals surface area contributed by atoms with Gasteiger partial charge in [0.2, 0.25) is 0 Å². The molecule has 152 valence electrons. The minimum atomic E-state index is -1.05. The molecule has 29 heavy (non-hydrogen) atoms. The van der Waals surface area contributed by atoms with E-state index in [0.717, 1.165) is 5.56 Å². The van der Waals surface area contributed by atoms with Crippen molar-refractivity contribution in [3.63, 3.8) is 0 Å². The number of hydrogen-bond acceptors (Lipinski definition) is 2. The van der Waals surface area contributed by atoms with Crippen LogP contribution in [0.1, 0.15) is 42.1 Å². The van der Waals surface area contributed by atoms with Crippen molar-refractivity contribution >= 4 is 0 Å². The second kappa shape index (κ2) is 8.66. The van der Waals surface area contributed by atoms with Gasteiger partial charge in [-0.1, -0.05) is 79.7 Å². The summed E-state index contributed by atoms with van der Waals surface area (Å²) in [4.78, 5) is 2.37. The Morgan fingerprint density at radius 2 is 1.38 bits per heavy atom. The highest BCUT2D eigenvalue weighted by atomic mass is 35.5. The molecule has 2 nitrogen and oxygen atoms in total. The van der Waals surface area contributed by atoms with Crippen LogP contribution in [0.5, 0.6) is 0 Å². The molecule has 1 aliphatic heterocycles. The fraction of sp³-hybridized carbons (Fsp3) is 0.280. The van der Waals surface area contributed by atoms with Crippen LogP contribution < -0.4 is 12.4 Å². The molecule has 0 saturated carbocycles. The van der Waals surface area contributed by atoms with Gasteiger partial charge in [-0.2, -0.15) is 0 Å². The summed E-state index contributed by atoms with van der Waals surface area (Å²) in [5, 5.41) is 11.9. The maximum atomic E-state index is 13.5. The molecule has 1 N–H and O–H groups in total. The fourth-order valence-corrected chi connectivity index (χ4v) is 4.75. The minimum Gasteiger partial charge on any atom is -1.00 e. The van der Waals surface area contributed by atoms with E-state index in [0.29, 0.717) is 6.42 Å². The Morgan fingerprint density at radius 1 is 0.862 bits per heavy atom. The third-order valence-corrected chi connectivity index (χ3v) is 6.33. The minimum absolute atomic E-state index is 0. The summed E-state index contributed by atoms with van der Waals surface area (Å²) in [7, 11) is 2.13. The number of likely N-dealkylation sites (tertiary alicyclic amines) is 1. The molecule has 1 heterocycles. The Labute approximate surface area is 178 Å². The van der Waals surface area contributed by atoms with E-state index >= 15 is 0 Å². The van der Waals surface area contributed by atoms with E-state index in [-0.39, 0.29) is 36.2 Å². The van der Waals surface area contributed by atoms with Crippen molar-refractivity contribution in [2.75, 3.05) is 7.05 Å². The lowest BCUT2D eigenvalue weighted by Gasteiger charge is -2.52. The standard InChI is InChI=1S/C25H26FNO.ClH/c1-18-24(20-11-7-4-8-12-20)27(2)23(19-9-5-3-6-10-19)17-25(18,28)21-13-15-22(26)16-14-21;/h3-16,18,23-24,28H,17H2,1-2H3;1H/p-1. The number of benzene rings is 3. The molecule has 4 atom stereocenters. The van der Waals surface area contributed by atoms with Crippen LogP contribution in [0.4, 0.5) is 4.39 Å². The van der Waals surface area contributed by atoms with E-state index in [1.165, 1.54) is 23.3 Å². The molecule has 1 saturated heterocycles. The van der Waals surface area contributed by atoms with Crippen molar-refractivity contribution in [2.45, 2.75) is 31.0 Å². The Bertz CT molecular complexity index is 919. The van der Waals surface area contributed by atoms with Gasteiger partial charge in [-0.3, -0.25) is 4.90 Å². The molecule has 0 amide bonds. The first-order valence-electron chi connectivity index (χ1n) is 9.81. The maximum Gasteiger partial charge on any atom is 0.123 e. The zero-order chi connectivity index (χ0) is 19.7. The molecule has 4 unspecified atom stereocenters. The lowest BCUT2D eigenvalue weighted by atomic mass is 9.68. The van der Waals surface area contributed by atoms with Gasteiger partial charge in [0.1, 0.15) is 5.82 Å². The van der Waals surface area contributed by atoms with Crippen molar-refractivity contribution in [1.29, 1.82) is 0 Å². The van der Waals surface area contributed by atoms with Crippen LogP contribution in [0.3, 0.4) is 0 Å². The van der Waals surface area contributed by atoms with Crippen molar-refractivity contribution < 1.29 is 21.9 Å². The largest absolute Gasteiger partial charge is 1.00 e. The molecule has 4 rings (SSSR count). The molecule has 4 heteroatoms. The van der Waals surface area contributed by atoms with Gasteiger partial charge >= 0.3 is 0 Å². The molecule has 3 aromatic carbocycles. The van der Waals surface area contributed by atoms with Crippen LogP contribution in [0.25, 0.3) is 0 Å². The zero-order valence-corrected chi connectivity index (χ0v) is 17.4. The van der Waals surface area contributed by atoms with E-state index < -0.39 is 5.60 Å². The molecule has 3 aromatic rings. The van der Waals surface area contributed by atoms with Gasteiger partial charge in [-0.15, -0.1) is 0 Å². The second-order valence-corrected chi connectivity index (χ2v) is 7.87. The third kappa shape index (κ3) is 3.95. The van der Waals surface area contributed by atoms with Crippen molar-refractivity contribution in [1.82, 2.24) is 4.90 Å². The molecular weight excluding hydrogens is 385 g/mol. The lowest BCUT2D eigenvalue weighted by molar-refractivity contribution is -0.120. The predicted octanol–water partition coefficient (Wildman–Crippen LogP) is 2.47. The molecule has 0 bridgehead atoms. The Morgan fingerprint density at radius 3 is 1.93 bits per heavy atom. The Kier molecular flexibility index (Phi) is 6.42. The SMILES string of the molecule is CC1C(c2ccccc2)N(C)C(c2ccccc2)CC1(O)c1ccc(F)cc1.[Cl-]. The summed E-state index contributed by atoms with van der Waals surface area (Å²) in [6.07, 6.45) is 0.559. The van der Waals surface area contributed by atoms with E-state index in [1.54, 1.807) is 12.1 Å². The monoisotopic (exact) mass is 410 g/mol. The summed E-state index contributed by atoms with van der Waals surface area (Å²) in [6.45, 7) is 2.10. The quantitative estimate of drug-likeness (QED) is 0.717. The smallest absolute Gasteiger partial charge is 0.123 e. The first-order valence-corrected chi connectivity index (χ1v) is 9.81. The Hall–Kier alpha value is -2.20. The number of hydrogen-bond donors (Lipinski definition) is 1. The highest BCUT2D eigenvalue weighted by Gasteiger charge is 2.49. The maximum absolute atomic E-state index is 13.5. The average molecular weight is 411 g/mol. The Balaban J connectivity index is 0.00000240. The molecule has 0 radical (unpaired) electrons. The highest BCUT2D eigenvalue weighted by molar-refractivity contribution is 5.32. The zero-order valence-electron chi connectivity index (χ0n) is 16.7. The van der Waals surface area contributed by atoms with Crippen LogP contribution in [0, 0.1) is 11.7 Å². The van der Waals surface area contributed by atoms with E-state index in [4.69, 9.17) is 0 Å². The summed E-state index contributed by atoms with van der Waals surface area (Å²) in [6, 6.07) is 27.1. The van der Waals surface area contributed by atoms with Gasteiger partial charge in [0.15, 0.2) is 0 Å². The van der Waals surface area contributed by atoms with Crippen molar-refractivity contribution in [3.05, 3.63) is 107 Å². The van der Waals surface area contributed by atoms with E-state index in [1.807, 2.05) is 36.4 Å². The van der Waals surface area contributed by atoms with Crippen LogP contribution in [-0.2, 0) is 5.60 Å². The van der Waals surface area contributed by atoms with Crippen LogP contribution in [0.2, 0.25) is 0 Å².